The van der Waals surface area contributed by atoms with Crippen LogP contribution < -0.4 is 20.9 Å². The maximum Gasteiger partial charge on any atom is 0.408 e. The van der Waals surface area contributed by atoms with Crippen molar-refractivity contribution in [1.29, 1.82) is 0 Å². The minimum atomic E-state index is -2.35. The van der Waals surface area contributed by atoms with Crippen molar-refractivity contribution in [2.24, 2.45) is 23.8 Å². The van der Waals surface area contributed by atoms with E-state index in [1.807, 2.05) is 13.2 Å². The Balaban J connectivity index is 0.000000230. The summed E-state index contributed by atoms with van der Waals surface area (Å²) < 4.78 is 31.3. The van der Waals surface area contributed by atoms with Crippen LogP contribution in [-0.4, -0.2) is 181 Å². The van der Waals surface area contributed by atoms with Crippen molar-refractivity contribution in [3.63, 3.8) is 0 Å². The minimum Gasteiger partial charge on any atom is -0.456 e. The fraction of sp³-hybridized carbons (Fsp3) is 0.515. The highest BCUT2D eigenvalue weighted by molar-refractivity contribution is 5.97. The van der Waals surface area contributed by atoms with E-state index in [4.69, 9.17) is 28.7 Å². The van der Waals surface area contributed by atoms with Gasteiger partial charge in [-0.1, -0.05) is 76.2 Å². The molecule has 92 heavy (non-hydrogen) atoms. The number of aliphatic hydroxyl groups excluding tert-OH is 3. The molecule has 4 aliphatic carbocycles. The first-order valence-electron chi connectivity index (χ1n) is 31.1. The number of fused-ring (bicyclic) bond motifs is 8. The molecule has 11 atom stereocenters. The number of ether oxygens (including phenoxy) is 5. The molecule has 2 bridgehead atoms. The summed E-state index contributed by atoms with van der Waals surface area (Å²) in [6, 6.07) is 23.0. The second-order valence-electron chi connectivity index (χ2n) is 27.4. The monoisotopic (exact) mass is 1270 g/mol. The van der Waals surface area contributed by atoms with Crippen LogP contribution in [0.1, 0.15) is 126 Å². The number of anilines is 3. The molecule has 2 aliphatic heterocycles. The molecule has 2 saturated carbocycles. The van der Waals surface area contributed by atoms with Crippen LogP contribution in [0.25, 0.3) is 11.4 Å². The molecule has 2 amide bonds. The van der Waals surface area contributed by atoms with Crippen molar-refractivity contribution < 1.29 is 72.9 Å². The number of esters is 3. The van der Waals surface area contributed by atoms with Gasteiger partial charge < -0.3 is 69.9 Å². The highest BCUT2D eigenvalue weighted by Gasteiger charge is 2.78. The molecule has 11 rings (SSSR count). The lowest BCUT2D eigenvalue weighted by Gasteiger charge is -2.67. The minimum absolute atomic E-state index is 0.0637. The molecule has 2 saturated heterocycles. The molecule has 4 heterocycles. The van der Waals surface area contributed by atoms with Crippen molar-refractivity contribution >= 4 is 53.0 Å². The smallest absolute Gasteiger partial charge is 0.408 e. The van der Waals surface area contributed by atoms with E-state index in [0.717, 1.165) is 67.7 Å². The summed E-state index contributed by atoms with van der Waals surface area (Å²) in [5.74, 6) is -5.02. The molecular formula is C68H85N9O15. The number of likely N-dealkylation sites (N-methyl/N-ethyl adjacent to an activating group) is 1. The summed E-state index contributed by atoms with van der Waals surface area (Å²) in [7, 11) is 5.66. The standard InChI is InChI=1S/C43H53NO14.C25H32N8O/c1-22-26(55-37(51)32(48)30(24-15-11-9-12-16-24)44-38(52)58-39(3,4)5)20-43(53)35(56-36(50)25-17-13-10-14-18-25)33-41(8,34(49)31(47)29(22)40(43,6)7)27(46)19-28-42(33,21-54-28)57-23(2)45;1-25(2)14-16-15-27-24(29-20(16)22-19(25)21(23(34)26-3)30-32(22)5)28-17-6-8-18(9-7-17)33-12-10-31(4)11-13-33/h9-18,26-28,30-33,35,46-48,53H,19-21H2,1-8H3,(H,44,52);6-9,15H,10-14H2,1-5H3,(H,26,34)(H,27,28,29)/t26-,27-,28+,30-,31+,32+,33-,35-,41+,42-,43+;/m0./s1. The third-order valence-electron chi connectivity index (χ3n) is 19.4. The number of rotatable bonds is 12. The van der Waals surface area contributed by atoms with E-state index in [2.05, 4.69) is 81.0 Å². The number of aryl methyl sites for hydroxylation is 1. The van der Waals surface area contributed by atoms with E-state index in [-0.39, 0.29) is 41.1 Å². The number of hydrogen-bond donors (Lipinski definition) is 7. The Hall–Kier alpha value is -8.13. The number of benzene rings is 3. The summed E-state index contributed by atoms with van der Waals surface area (Å²) in [4.78, 5) is 95.7. The van der Waals surface area contributed by atoms with E-state index in [9.17, 15) is 49.2 Å². The Labute approximate surface area is 535 Å². The summed E-state index contributed by atoms with van der Waals surface area (Å²) in [6.45, 7) is 20.3. The van der Waals surface area contributed by atoms with Crippen molar-refractivity contribution in [2.45, 2.75) is 153 Å². The Morgan fingerprint density at radius 3 is 2.11 bits per heavy atom. The van der Waals surface area contributed by atoms with E-state index in [0.29, 0.717) is 17.2 Å². The molecule has 3 aromatic carbocycles. The van der Waals surface area contributed by atoms with Crippen molar-refractivity contribution in [3.05, 3.63) is 130 Å². The normalized spacial score (nSPS) is 27.6. The molecule has 0 unspecified atom stereocenters. The van der Waals surface area contributed by atoms with Gasteiger partial charge in [-0.15, -0.1) is 0 Å². The first-order valence-corrected chi connectivity index (χ1v) is 31.1. The highest BCUT2D eigenvalue weighted by atomic mass is 16.6. The number of nitrogens with zero attached hydrogens (tertiary/aromatic N) is 6. The number of carbonyl (C=O) groups is 6. The van der Waals surface area contributed by atoms with Crippen LogP contribution in [0, 0.1) is 16.7 Å². The Morgan fingerprint density at radius 2 is 1.51 bits per heavy atom. The SMILES string of the molecule is CC(=O)O[C@@]12CO[C@@H]1C[C@H](O)[C@@]1(C)C(=O)[C@H](O)C3=C(C)[C@@H](OC(=O)[C@H](O)[C@@H](NC(=O)OC(C)(C)C)c4ccccc4)C[C@@](O)([C@@H](OC(=O)c4ccccc4)[C@H]21)C3(C)C.CNC(=O)c1nn(C)c2c1C(C)(C)Cc1cnc(Nc3ccc(N4CCN(C)CC4)cc3)nc1-2. The second kappa shape index (κ2) is 25.1. The van der Waals surface area contributed by atoms with Gasteiger partial charge in [-0.2, -0.15) is 5.10 Å². The molecule has 492 valence electrons. The van der Waals surface area contributed by atoms with E-state index < -0.39 is 112 Å². The number of carbonyl (C=O) groups excluding carboxylic acids is 6. The number of hydrogen-bond acceptors (Lipinski definition) is 21. The van der Waals surface area contributed by atoms with Gasteiger partial charge in [-0.25, -0.2) is 24.4 Å². The summed E-state index contributed by atoms with van der Waals surface area (Å²) in [6.07, 6.45) is -8.85. The predicted molar refractivity (Wildman–Crippen MR) is 337 cm³/mol. The van der Waals surface area contributed by atoms with Gasteiger partial charge in [0.2, 0.25) is 5.95 Å². The molecule has 24 heteroatoms. The summed E-state index contributed by atoms with van der Waals surface area (Å²) in [5.41, 5.74) is -2.07. The largest absolute Gasteiger partial charge is 0.456 e. The Bertz CT molecular complexity index is 3680. The van der Waals surface area contributed by atoms with Gasteiger partial charge >= 0.3 is 24.0 Å². The van der Waals surface area contributed by atoms with Gasteiger partial charge in [0, 0.05) is 88.6 Å². The Morgan fingerprint density at radius 1 is 0.870 bits per heavy atom. The number of aliphatic hydroxyl groups is 4. The van der Waals surface area contributed by atoms with Crippen LogP contribution in [0.15, 0.2) is 102 Å². The fourth-order valence-corrected chi connectivity index (χ4v) is 14.6. The quantitative estimate of drug-likeness (QED) is 0.0439. The molecule has 7 N–H and O–H groups in total. The number of alkyl carbamates (subject to hydrolysis) is 1. The molecule has 0 spiro atoms. The number of amides is 2. The third kappa shape index (κ3) is 12.2. The zero-order valence-corrected chi connectivity index (χ0v) is 54.4. The fourth-order valence-electron chi connectivity index (χ4n) is 14.6. The van der Waals surface area contributed by atoms with Crippen molar-refractivity contribution in [2.75, 3.05) is 57.1 Å². The van der Waals surface area contributed by atoms with Crippen molar-refractivity contribution in [3.8, 4) is 11.4 Å². The molecule has 5 aromatic rings. The van der Waals surface area contributed by atoms with Crippen LogP contribution in [0.3, 0.4) is 0 Å². The van der Waals surface area contributed by atoms with Gasteiger partial charge in [0.05, 0.1) is 47.0 Å². The van der Waals surface area contributed by atoms with Gasteiger partial charge in [-0.3, -0.25) is 19.1 Å². The number of Topliss-reactive ketones (excluding diaryl/α,β-unsaturated/α-hetero) is 1. The topological polar surface area (TPSA) is 316 Å². The lowest BCUT2D eigenvalue weighted by atomic mass is 9.44. The molecular weight excluding hydrogens is 1180 g/mol. The number of piperazine rings is 1. The third-order valence-corrected chi connectivity index (χ3v) is 19.4. The zero-order chi connectivity index (χ0) is 66.8. The van der Waals surface area contributed by atoms with E-state index in [1.54, 1.807) is 94.9 Å². The van der Waals surface area contributed by atoms with Gasteiger partial charge in [-0.05, 0) is 112 Å². The second-order valence-corrected chi connectivity index (χ2v) is 27.4. The predicted octanol–water partition coefficient (Wildman–Crippen LogP) is 5.83. The lowest BCUT2D eigenvalue weighted by molar-refractivity contribution is -0.346. The Kier molecular flexibility index (Phi) is 18.2. The number of ketones is 1. The van der Waals surface area contributed by atoms with Crippen LogP contribution in [0.2, 0.25) is 0 Å². The maximum absolute atomic E-state index is 14.9. The number of aromatic nitrogens is 4. The first kappa shape index (κ1) is 66.8. The summed E-state index contributed by atoms with van der Waals surface area (Å²) in [5, 5.41) is 62.2. The van der Waals surface area contributed by atoms with Crippen LogP contribution in [0.5, 0.6) is 0 Å². The average Bonchev–Trinajstić information content (AvgIpc) is 0.780. The molecule has 4 fully saturated rings. The van der Waals surface area contributed by atoms with Gasteiger partial charge in [0.15, 0.2) is 23.2 Å². The van der Waals surface area contributed by atoms with Crippen molar-refractivity contribution in [1.82, 2.24) is 35.3 Å². The number of nitrogens with one attached hydrogen (secondary N) is 3. The zero-order valence-electron chi connectivity index (χ0n) is 54.4. The molecule has 2 aromatic heterocycles. The van der Waals surface area contributed by atoms with Crippen LogP contribution in [-0.2, 0) is 57.0 Å². The molecule has 0 radical (unpaired) electrons. The van der Waals surface area contributed by atoms with Crippen LogP contribution >= 0.6 is 0 Å². The summed E-state index contributed by atoms with van der Waals surface area (Å²) >= 11 is 0. The van der Waals surface area contributed by atoms with Gasteiger partial charge in [0.1, 0.15) is 35.6 Å². The molecule has 6 aliphatic rings. The lowest BCUT2D eigenvalue weighted by Crippen LogP contribution is -2.81. The van der Waals surface area contributed by atoms with Gasteiger partial charge in [0.25, 0.3) is 5.91 Å². The molecule has 24 nitrogen and oxygen atoms in total. The average molecular weight is 1270 g/mol. The van der Waals surface area contributed by atoms with E-state index >= 15 is 0 Å². The maximum atomic E-state index is 14.9. The van der Waals surface area contributed by atoms with Crippen LogP contribution in [0.4, 0.5) is 22.1 Å². The van der Waals surface area contributed by atoms with E-state index in [1.165, 1.54) is 31.7 Å². The highest BCUT2D eigenvalue weighted by Crippen LogP contribution is 2.64. The first-order chi connectivity index (χ1) is 43.3.